The number of methoxy groups -OCH3 is 2. The highest BCUT2D eigenvalue weighted by molar-refractivity contribution is 6.74. The van der Waals surface area contributed by atoms with E-state index in [1.165, 1.54) is 0 Å². The van der Waals surface area contributed by atoms with Gasteiger partial charge in [-0.2, -0.15) is 0 Å². The maximum atomic E-state index is 14.3. The Bertz CT molecular complexity index is 2230. The van der Waals surface area contributed by atoms with E-state index in [-0.39, 0.29) is 46.4 Å². The van der Waals surface area contributed by atoms with Gasteiger partial charge in [-0.3, -0.25) is 14.9 Å². The van der Waals surface area contributed by atoms with Crippen LogP contribution < -0.4 is 34.9 Å². The molecule has 4 N–H and O–H groups in total. The molecule has 3 amide bonds. The molecule has 4 heterocycles. The Morgan fingerprint density at radius 1 is 0.810 bits per heavy atom. The third-order valence-electron chi connectivity index (χ3n) is 13.4. The van der Waals surface area contributed by atoms with Crippen molar-refractivity contribution in [1.82, 2.24) is 9.80 Å². The van der Waals surface area contributed by atoms with Gasteiger partial charge in [0.15, 0.2) is 31.3 Å². The van der Waals surface area contributed by atoms with Crippen LogP contribution in [0.3, 0.4) is 0 Å². The summed E-state index contributed by atoms with van der Waals surface area (Å²) in [6.45, 7) is 20.8. The van der Waals surface area contributed by atoms with Crippen LogP contribution in [0, 0.1) is 11.3 Å². The van der Waals surface area contributed by atoms with E-state index in [4.69, 9.17) is 28.5 Å². The predicted molar refractivity (Wildman–Crippen MR) is 248 cm³/mol. The third kappa shape index (κ3) is 9.59. The van der Waals surface area contributed by atoms with Crippen molar-refractivity contribution in [2.24, 2.45) is 11.3 Å². The summed E-state index contributed by atoms with van der Waals surface area (Å²) in [5, 5.41) is 18.5. The van der Waals surface area contributed by atoms with E-state index in [9.17, 15) is 14.4 Å². The Balaban J connectivity index is 0.928. The fraction of sp³-hybridized carbons (Fsp3) is 0.521. The highest BCUT2D eigenvalue weighted by Gasteiger charge is 2.53. The van der Waals surface area contributed by atoms with Gasteiger partial charge in [-0.1, -0.05) is 53.7 Å². The second kappa shape index (κ2) is 18.0. The zero-order valence-electron chi connectivity index (χ0n) is 38.5. The first-order valence-corrected chi connectivity index (χ1v) is 25.0. The van der Waals surface area contributed by atoms with Crippen LogP contribution in [0.25, 0.3) is 5.57 Å². The van der Waals surface area contributed by atoms with Gasteiger partial charge >= 0.3 is 6.09 Å². The Morgan fingerprint density at radius 3 is 1.92 bits per heavy atom. The van der Waals surface area contributed by atoms with Crippen molar-refractivity contribution in [3.05, 3.63) is 71.4 Å². The lowest BCUT2D eigenvalue weighted by Crippen LogP contribution is -2.49. The largest absolute Gasteiger partial charge is 0.493 e. The molecule has 0 spiro atoms. The Kier molecular flexibility index (Phi) is 13.0. The molecule has 4 aliphatic rings. The van der Waals surface area contributed by atoms with Crippen LogP contribution in [0.1, 0.15) is 93.5 Å². The van der Waals surface area contributed by atoms with Gasteiger partial charge in [0.2, 0.25) is 0 Å². The molecule has 0 bridgehead atoms. The average molecular weight is 884 g/mol. The molecule has 63 heavy (non-hydrogen) atoms. The Hall–Kier alpha value is -5.41. The number of nitrogens with one attached hydrogen (secondary N) is 3. The molecule has 15 heteroatoms. The van der Waals surface area contributed by atoms with E-state index in [2.05, 4.69) is 70.6 Å². The van der Waals surface area contributed by atoms with E-state index in [0.717, 1.165) is 36.1 Å². The highest BCUT2D eigenvalue weighted by atomic mass is 28.4. The van der Waals surface area contributed by atoms with Crippen LogP contribution >= 0.6 is 0 Å². The van der Waals surface area contributed by atoms with Crippen molar-refractivity contribution in [2.75, 3.05) is 63.0 Å². The molecular weight excluding hydrogens is 819 g/mol. The number of carbonyl (C=O) groups is 3. The number of fused-ring (bicyclic) bond motifs is 4. The number of carbonyl (C=O) groups excluding carboxylic acids is 2. The minimum absolute atomic E-state index is 0.0151. The molecule has 0 radical (unpaired) electrons. The fourth-order valence-corrected chi connectivity index (χ4v) is 10.4. The van der Waals surface area contributed by atoms with Crippen LogP contribution in [0.2, 0.25) is 18.1 Å². The van der Waals surface area contributed by atoms with Gasteiger partial charge in [-0.05, 0) is 84.6 Å². The normalized spacial score (nSPS) is 20.8. The number of carboxylic acid groups (broad SMARTS) is 1. The molecule has 340 valence electrons. The summed E-state index contributed by atoms with van der Waals surface area (Å²) in [7, 11) is 1.08. The van der Waals surface area contributed by atoms with E-state index in [1.807, 2.05) is 41.4 Å². The summed E-state index contributed by atoms with van der Waals surface area (Å²) < 4.78 is 31.0. The summed E-state index contributed by atoms with van der Waals surface area (Å²) in [4.78, 5) is 42.9. The van der Waals surface area contributed by atoms with Crippen molar-refractivity contribution in [1.29, 1.82) is 0 Å². The molecule has 4 atom stereocenters. The van der Waals surface area contributed by atoms with Gasteiger partial charge in [0.1, 0.15) is 0 Å². The second-order valence-corrected chi connectivity index (χ2v) is 24.4. The fourth-order valence-electron chi connectivity index (χ4n) is 9.10. The molecule has 14 nitrogen and oxygen atoms in total. The SMILES string of the molecule is COc1cc2c(cc1OCCCCCOc1cc3c(cc1OC)C(=O)N1C[C@@H](O[Si](C)(C)C(C)(C)C)C(C(C)(C)C)[C@H]1CN3)NC[C@@H]1CC(c3ccc(NC(=O)O)cc3)=CN1C2=O. The number of ether oxygens (including phenoxy) is 4. The monoisotopic (exact) mass is 883 g/mol. The van der Waals surface area contributed by atoms with Crippen molar-refractivity contribution in [2.45, 2.75) is 104 Å². The number of nitrogens with zero attached hydrogens (tertiary/aromatic N) is 2. The van der Waals surface area contributed by atoms with E-state index < -0.39 is 14.4 Å². The van der Waals surface area contributed by atoms with Gasteiger partial charge in [0.05, 0.1) is 68.1 Å². The molecule has 1 fully saturated rings. The minimum atomic E-state index is -2.08. The number of benzene rings is 3. The lowest BCUT2D eigenvalue weighted by atomic mass is 9.75. The van der Waals surface area contributed by atoms with Gasteiger partial charge in [0, 0.05) is 49.6 Å². The van der Waals surface area contributed by atoms with Crippen molar-refractivity contribution in [3.63, 3.8) is 0 Å². The van der Waals surface area contributed by atoms with Crippen molar-refractivity contribution >= 4 is 48.9 Å². The Morgan fingerprint density at radius 2 is 1.38 bits per heavy atom. The minimum Gasteiger partial charge on any atom is -0.493 e. The van der Waals surface area contributed by atoms with E-state index in [0.29, 0.717) is 84.8 Å². The van der Waals surface area contributed by atoms with Crippen LogP contribution in [0.15, 0.2) is 54.7 Å². The van der Waals surface area contributed by atoms with Crippen molar-refractivity contribution < 1.29 is 42.9 Å². The molecular formula is C48H65N5O9Si. The summed E-state index contributed by atoms with van der Waals surface area (Å²) in [5.41, 5.74) is 4.86. The maximum absolute atomic E-state index is 14.3. The van der Waals surface area contributed by atoms with Gasteiger partial charge in [-0.25, -0.2) is 4.79 Å². The lowest BCUT2D eigenvalue weighted by Gasteiger charge is -2.42. The van der Waals surface area contributed by atoms with Crippen LogP contribution in [0.4, 0.5) is 21.9 Å². The number of anilines is 3. The zero-order valence-corrected chi connectivity index (χ0v) is 39.5. The number of hydrogen-bond acceptors (Lipinski definition) is 10. The molecule has 3 aromatic carbocycles. The third-order valence-corrected chi connectivity index (χ3v) is 17.9. The first kappa shape index (κ1) is 45.6. The van der Waals surface area contributed by atoms with E-state index >= 15 is 0 Å². The summed E-state index contributed by atoms with van der Waals surface area (Å²) in [6, 6.07) is 14.3. The average Bonchev–Trinajstić information content (AvgIpc) is 3.75. The van der Waals surface area contributed by atoms with E-state index in [1.54, 1.807) is 37.3 Å². The molecule has 1 saturated heterocycles. The molecule has 1 unspecified atom stereocenters. The zero-order chi connectivity index (χ0) is 45.4. The number of unbranched alkanes of at least 4 members (excludes halogenated alkanes) is 2. The first-order valence-electron chi connectivity index (χ1n) is 22.1. The second-order valence-electron chi connectivity index (χ2n) is 19.7. The summed E-state index contributed by atoms with van der Waals surface area (Å²) >= 11 is 0. The summed E-state index contributed by atoms with van der Waals surface area (Å²) in [5.74, 6) is 2.17. The van der Waals surface area contributed by atoms with Gasteiger partial charge < -0.3 is 48.9 Å². The van der Waals surface area contributed by atoms with Crippen molar-refractivity contribution in [3.8, 4) is 23.0 Å². The number of amides is 3. The summed E-state index contributed by atoms with van der Waals surface area (Å²) in [6.07, 6.45) is 3.79. The molecule has 4 aliphatic heterocycles. The van der Waals surface area contributed by atoms with Crippen LogP contribution in [-0.2, 0) is 4.43 Å². The highest BCUT2D eigenvalue weighted by Crippen LogP contribution is 2.47. The van der Waals surface area contributed by atoms with Gasteiger partial charge in [-0.15, -0.1) is 0 Å². The topological polar surface area (TPSA) is 160 Å². The molecule has 0 aromatic heterocycles. The van der Waals surface area contributed by atoms with Gasteiger partial charge in [0.25, 0.3) is 11.8 Å². The number of hydrogen-bond donors (Lipinski definition) is 4. The first-order chi connectivity index (χ1) is 29.8. The Labute approximate surface area is 372 Å². The standard InChI is InChI=1S/C48H65N5O9Si/c1-47(2,3)43-37-26-50-36-24-41(39(59-8)22-34(36)45(55)53(37)28-42(43)62-63(9,10)48(4,5)6)61-19-13-11-12-18-60-40-23-35-33(21-38(40)58-7)44(54)52-27-30(20-32(52)25-49-35)29-14-16-31(17-15-29)51-46(56)57/h14-17,21-24,27,32,37,42-43,49-51H,11-13,18-20,25-26,28H2,1-10H3,(H,56,57)/t32-,37+,42+,43?/m0/s1. The molecule has 0 aliphatic carbocycles. The quantitative estimate of drug-likeness (QED) is 0.0903. The van der Waals surface area contributed by atoms with Crippen LogP contribution in [0.5, 0.6) is 23.0 Å². The molecule has 3 aromatic rings. The number of rotatable bonds is 14. The maximum Gasteiger partial charge on any atom is 0.409 e. The smallest absolute Gasteiger partial charge is 0.409 e. The lowest BCUT2D eigenvalue weighted by molar-refractivity contribution is 0.0669. The molecule has 0 saturated carbocycles. The molecule has 7 rings (SSSR count). The van der Waals surface area contributed by atoms with Crippen LogP contribution in [-0.4, -0.2) is 106 Å². The predicted octanol–water partition coefficient (Wildman–Crippen LogP) is 9.41.